The Balaban J connectivity index is 1.30. The van der Waals surface area contributed by atoms with Crippen LogP contribution in [0.5, 0.6) is 11.5 Å². The summed E-state index contributed by atoms with van der Waals surface area (Å²) in [6, 6.07) is 13.9. The summed E-state index contributed by atoms with van der Waals surface area (Å²) < 4.78 is 23.8. The molecule has 0 amide bonds. The van der Waals surface area contributed by atoms with Gasteiger partial charge in [-0.25, -0.2) is 9.78 Å². The number of hydrogen-bond acceptors (Lipinski definition) is 9. The molecule has 4 aromatic rings. The van der Waals surface area contributed by atoms with Crippen LogP contribution in [0, 0.1) is 0 Å². The molecule has 218 valence electrons. The molecule has 1 saturated heterocycles. The second kappa shape index (κ2) is 9.68. The van der Waals surface area contributed by atoms with Crippen molar-refractivity contribution in [3.05, 3.63) is 80.6 Å². The smallest absolute Gasteiger partial charge is 0.343 e. The number of fused-ring (bicyclic) bond motifs is 6. The number of cyclic esters (lactones) is 1. The Morgan fingerprint density at radius 3 is 2.63 bits per heavy atom. The summed E-state index contributed by atoms with van der Waals surface area (Å²) >= 11 is 0. The molecule has 8 rings (SSSR count). The maximum atomic E-state index is 13.8. The monoisotopic (exact) mass is 579 g/mol. The van der Waals surface area contributed by atoms with Crippen molar-refractivity contribution in [3.63, 3.8) is 0 Å². The van der Waals surface area contributed by atoms with Crippen molar-refractivity contribution in [2.24, 2.45) is 0 Å². The van der Waals surface area contributed by atoms with Gasteiger partial charge in [0, 0.05) is 41.4 Å². The van der Waals surface area contributed by atoms with Crippen LogP contribution in [0.3, 0.4) is 0 Å². The lowest BCUT2D eigenvalue weighted by molar-refractivity contribution is -0.172. The third-order valence-corrected chi connectivity index (χ3v) is 8.91. The first-order chi connectivity index (χ1) is 20.9. The van der Waals surface area contributed by atoms with Crippen LogP contribution in [-0.2, 0) is 33.0 Å². The molecule has 43 heavy (non-hydrogen) atoms. The fraction of sp³-hybridized carbons (Fsp3) is 0.303. The maximum Gasteiger partial charge on any atom is 0.343 e. The molecule has 1 N–H and O–H groups in total. The second-order valence-electron chi connectivity index (χ2n) is 11.2. The molecule has 1 atom stereocenters. The summed E-state index contributed by atoms with van der Waals surface area (Å²) in [5, 5.41) is 12.1. The van der Waals surface area contributed by atoms with Gasteiger partial charge in [0.2, 0.25) is 6.79 Å². The fourth-order valence-corrected chi connectivity index (χ4v) is 6.52. The first-order valence-electron chi connectivity index (χ1n) is 14.5. The van der Waals surface area contributed by atoms with E-state index in [2.05, 4.69) is 41.3 Å². The lowest BCUT2D eigenvalue weighted by atomic mass is 9.86. The molecule has 6 heterocycles. The third kappa shape index (κ3) is 3.97. The van der Waals surface area contributed by atoms with E-state index in [0.717, 1.165) is 40.9 Å². The van der Waals surface area contributed by atoms with Crippen molar-refractivity contribution in [2.45, 2.75) is 32.1 Å². The topological polar surface area (TPSA) is 112 Å². The van der Waals surface area contributed by atoms with Crippen LogP contribution in [0.25, 0.3) is 34.4 Å². The molecule has 0 aliphatic carbocycles. The highest BCUT2D eigenvalue weighted by atomic mass is 16.7. The average molecular weight is 580 g/mol. The molecule has 0 saturated carbocycles. The first-order valence-corrected chi connectivity index (χ1v) is 14.5. The van der Waals surface area contributed by atoms with E-state index in [1.54, 1.807) is 17.6 Å². The number of pyridine rings is 2. The minimum absolute atomic E-state index is 0.0840. The lowest BCUT2D eigenvalue weighted by Crippen LogP contribution is -2.44. The van der Waals surface area contributed by atoms with E-state index >= 15 is 0 Å². The molecule has 4 aliphatic heterocycles. The first kappa shape index (κ1) is 26.0. The molecule has 4 aliphatic rings. The molecular weight excluding hydrogens is 550 g/mol. The summed E-state index contributed by atoms with van der Waals surface area (Å²) in [6.07, 6.45) is 4.22. The van der Waals surface area contributed by atoms with E-state index in [-0.39, 0.29) is 25.4 Å². The predicted octanol–water partition coefficient (Wildman–Crippen LogP) is 3.82. The van der Waals surface area contributed by atoms with Crippen LogP contribution in [0.4, 0.5) is 5.69 Å². The zero-order valence-electron chi connectivity index (χ0n) is 23.6. The molecule has 1 fully saturated rings. The summed E-state index contributed by atoms with van der Waals surface area (Å²) in [4.78, 5) is 33.7. The van der Waals surface area contributed by atoms with Crippen molar-refractivity contribution in [1.82, 2.24) is 9.55 Å². The number of esters is 1. The highest BCUT2D eigenvalue weighted by molar-refractivity contribution is 5.97. The van der Waals surface area contributed by atoms with Gasteiger partial charge in [-0.3, -0.25) is 4.79 Å². The summed E-state index contributed by atoms with van der Waals surface area (Å²) in [5.41, 5.74) is 4.25. The van der Waals surface area contributed by atoms with Gasteiger partial charge in [0.1, 0.15) is 6.61 Å². The van der Waals surface area contributed by atoms with Crippen molar-refractivity contribution in [2.75, 3.05) is 38.0 Å². The highest BCUT2D eigenvalue weighted by Crippen LogP contribution is 2.43. The number of morpholine rings is 1. The molecule has 0 unspecified atom stereocenters. The van der Waals surface area contributed by atoms with E-state index in [9.17, 15) is 14.7 Å². The van der Waals surface area contributed by atoms with Crippen molar-refractivity contribution < 1.29 is 28.8 Å². The van der Waals surface area contributed by atoms with Crippen molar-refractivity contribution >= 4 is 34.7 Å². The van der Waals surface area contributed by atoms with Crippen LogP contribution in [-0.4, -0.2) is 53.7 Å². The number of aliphatic hydroxyl groups is 1. The fourth-order valence-electron chi connectivity index (χ4n) is 6.52. The Hall–Kier alpha value is -4.67. The summed E-state index contributed by atoms with van der Waals surface area (Å²) in [7, 11) is 0. The minimum Gasteiger partial charge on any atom is -0.458 e. The number of ether oxygens (including phenoxy) is 4. The van der Waals surface area contributed by atoms with Gasteiger partial charge in [0.25, 0.3) is 5.56 Å². The van der Waals surface area contributed by atoms with Crippen molar-refractivity contribution in [1.29, 1.82) is 0 Å². The van der Waals surface area contributed by atoms with E-state index < -0.39 is 11.6 Å². The van der Waals surface area contributed by atoms with Gasteiger partial charge in [0.15, 0.2) is 17.1 Å². The second-order valence-corrected chi connectivity index (χ2v) is 11.2. The molecule has 0 spiro atoms. The van der Waals surface area contributed by atoms with Gasteiger partial charge < -0.3 is 33.5 Å². The molecule has 2 aromatic carbocycles. The van der Waals surface area contributed by atoms with E-state index in [1.165, 1.54) is 0 Å². The van der Waals surface area contributed by atoms with E-state index in [0.29, 0.717) is 59.3 Å². The third-order valence-electron chi connectivity index (χ3n) is 8.91. The van der Waals surface area contributed by atoms with Gasteiger partial charge >= 0.3 is 5.97 Å². The standard InChI is InChI=1S/C33H29N3O7/c1-2-33(39)25-14-27-30-23(16-36(27)31(37)24(25)17-41-32(33)38)21(22-13-28-29(43-18-42-28)15-26(22)34-30)7-6-19-4-3-5-20(12-19)35-8-10-40-11-9-35/h3-7,12-15,39H,2,8-11,16-18H2,1H3/t33-/m0/s1. The van der Waals surface area contributed by atoms with Crippen LogP contribution in [0.15, 0.2) is 47.3 Å². The largest absolute Gasteiger partial charge is 0.458 e. The number of nitrogens with zero attached hydrogens (tertiary/aromatic N) is 3. The zero-order valence-corrected chi connectivity index (χ0v) is 23.6. The van der Waals surface area contributed by atoms with Crippen LogP contribution in [0.2, 0.25) is 0 Å². The van der Waals surface area contributed by atoms with Gasteiger partial charge in [0.05, 0.1) is 42.2 Å². The number of carbonyl (C=O) groups excluding carboxylic acids is 1. The van der Waals surface area contributed by atoms with Gasteiger partial charge in [-0.2, -0.15) is 0 Å². The molecule has 0 bridgehead atoms. The van der Waals surface area contributed by atoms with E-state index in [1.807, 2.05) is 12.1 Å². The Morgan fingerprint density at radius 2 is 1.81 bits per heavy atom. The van der Waals surface area contributed by atoms with Crippen molar-refractivity contribution in [3.8, 4) is 22.9 Å². The van der Waals surface area contributed by atoms with Crippen LogP contribution in [0.1, 0.15) is 41.2 Å². The summed E-state index contributed by atoms with van der Waals surface area (Å²) in [6.45, 7) is 5.08. The molecular formula is C33H29N3O7. The van der Waals surface area contributed by atoms with Crippen LogP contribution < -0.4 is 19.9 Å². The average Bonchev–Trinajstić information content (AvgIpc) is 3.65. The summed E-state index contributed by atoms with van der Waals surface area (Å²) in [5.74, 6) is 0.509. The predicted molar refractivity (Wildman–Crippen MR) is 159 cm³/mol. The SMILES string of the molecule is CC[C@@]1(O)C(=O)OCc2c1cc1n(c2=O)Cc2c-1nc1cc3c(cc1c2C=Cc1cccc(N2CCOCC2)c1)OCO3. The van der Waals surface area contributed by atoms with Gasteiger partial charge in [-0.15, -0.1) is 0 Å². The molecule has 2 aromatic heterocycles. The zero-order chi connectivity index (χ0) is 29.3. The highest BCUT2D eigenvalue weighted by Gasteiger charge is 2.45. The maximum absolute atomic E-state index is 13.8. The quantitative estimate of drug-likeness (QED) is 0.318. The van der Waals surface area contributed by atoms with Gasteiger partial charge in [-0.1, -0.05) is 31.2 Å². The Bertz CT molecular complexity index is 1920. The number of rotatable bonds is 4. The number of anilines is 1. The number of hydrogen-bond donors (Lipinski definition) is 1. The van der Waals surface area contributed by atoms with E-state index in [4.69, 9.17) is 23.9 Å². The number of carbonyl (C=O) groups is 1. The normalized spacial score (nSPS) is 20.3. The molecule has 10 heteroatoms. The number of benzene rings is 2. The molecule has 0 radical (unpaired) electrons. The number of aromatic nitrogens is 2. The van der Waals surface area contributed by atoms with Crippen LogP contribution >= 0.6 is 0 Å². The van der Waals surface area contributed by atoms with Gasteiger partial charge in [-0.05, 0) is 41.8 Å². The minimum atomic E-state index is -1.89. The lowest BCUT2D eigenvalue weighted by Gasteiger charge is -2.31. The Morgan fingerprint density at radius 1 is 1.00 bits per heavy atom. The Kier molecular flexibility index (Phi) is 5.85. The Labute approximate surface area is 246 Å². The molecule has 10 nitrogen and oxygen atoms in total.